The molecule has 0 aliphatic carbocycles. The van der Waals surface area contributed by atoms with Crippen molar-refractivity contribution in [2.24, 2.45) is 0 Å². The summed E-state index contributed by atoms with van der Waals surface area (Å²) in [6.07, 6.45) is 1.88. The molecule has 1 aromatic heterocycles. The summed E-state index contributed by atoms with van der Waals surface area (Å²) in [5.41, 5.74) is 0.945. The van der Waals surface area contributed by atoms with Gasteiger partial charge in [0.15, 0.2) is 0 Å². The van der Waals surface area contributed by atoms with Crippen molar-refractivity contribution in [1.82, 2.24) is 20.1 Å². The lowest BCUT2D eigenvalue weighted by molar-refractivity contribution is 0.0655. The molecule has 0 bridgehead atoms. The SMILES string of the molecule is O=C1c2ccccc2C(=O)N1CCc1ncn[nH]1. The molecule has 1 aliphatic rings. The van der Waals surface area contributed by atoms with Crippen LogP contribution in [0.5, 0.6) is 0 Å². The smallest absolute Gasteiger partial charge is 0.261 e. The van der Waals surface area contributed by atoms with E-state index in [4.69, 9.17) is 0 Å². The zero-order valence-corrected chi connectivity index (χ0v) is 9.46. The summed E-state index contributed by atoms with van der Waals surface area (Å²) in [5.74, 6) is 0.178. The van der Waals surface area contributed by atoms with E-state index >= 15 is 0 Å². The van der Waals surface area contributed by atoms with Crippen LogP contribution in [0.1, 0.15) is 26.5 Å². The minimum atomic E-state index is -0.241. The number of aromatic nitrogens is 3. The van der Waals surface area contributed by atoms with Crippen LogP contribution < -0.4 is 0 Å². The lowest BCUT2D eigenvalue weighted by Crippen LogP contribution is -2.31. The van der Waals surface area contributed by atoms with E-state index in [2.05, 4.69) is 15.2 Å². The monoisotopic (exact) mass is 242 g/mol. The Morgan fingerprint density at radius 1 is 1.11 bits per heavy atom. The number of H-pyrrole nitrogens is 1. The highest BCUT2D eigenvalue weighted by atomic mass is 16.2. The van der Waals surface area contributed by atoms with E-state index in [1.165, 1.54) is 11.2 Å². The third-order valence-electron chi connectivity index (χ3n) is 2.92. The number of carbonyl (C=O) groups is 2. The van der Waals surface area contributed by atoms with Crippen LogP contribution in [0.4, 0.5) is 0 Å². The standard InChI is InChI=1S/C12H10N4O2/c17-11-8-3-1-2-4-9(8)12(18)16(11)6-5-10-13-7-14-15-10/h1-4,7H,5-6H2,(H,13,14,15). The molecule has 0 saturated heterocycles. The number of rotatable bonds is 3. The van der Waals surface area contributed by atoms with E-state index in [1.54, 1.807) is 24.3 Å². The molecule has 0 saturated carbocycles. The Labute approximate surface area is 103 Å². The van der Waals surface area contributed by atoms with Crippen molar-refractivity contribution in [3.05, 3.63) is 47.5 Å². The molecule has 6 heteroatoms. The fraction of sp³-hybridized carbons (Fsp3) is 0.167. The quantitative estimate of drug-likeness (QED) is 0.801. The van der Waals surface area contributed by atoms with E-state index in [0.717, 1.165) is 0 Å². The Balaban J connectivity index is 1.80. The van der Waals surface area contributed by atoms with Crippen LogP contribution in [-0.4, -0.2) is 38.4 Å². The molecule has 18 heavy (non-hydrogen) atoms. The van der Waals surface area contributed by atoms with Gasteiger partial charge in [0.1, 0.15) is 12.2 Å². The molecule has 2 aromatic rings. The van der Waals surface area contributed by atoms with Gasteiger partial charge < -0.3 is 0 Å². The molecule has 3 rings (SSSR count). The average molecular weight is 242 g/mol. The van der Waals surface area contributed by atoms with Gasteiger partial charge in [0.25, 0.3) is 11.8 Å². The van der Waals surface area contributed by atoms with Crippen LogP contribution in [-0.2, 0) is 6.42 Å². The van der Waals surface area contributed by atoms with E-state index in [1.807, 2.05) is 0 Å². The molecule has 1 aliphatic heterocycles. The van der Waals surface area contributed by atoms with Crippen LogP contribution in [0.2, 0.25) is 0 Å². The number of carbonyl (C=O) groups excluding carboxylic acids is 2. The first-order valence-electron chi connectivity index (χ1n) is 5.57. The summed E-state index contributed by atoms with van der Waals surface area (Å²) in [7, 11) is 0. The topological polar surface area (TPSA) is 79.0 Å². The van der Waals surface area contributed by atoms with Gasteiger partial charge in [-0.1, -0.05) is 12.1 Å². The molecule has 1 aromatic carbocycles. The number of aromatic amines is 1. The molecule has 6 nitrogen and oxygen atoms in total. The Kier molecular flexibility index (Phi) is 2.40. The van der Waals surface area contributed by atoms with Gasteiger partial charge in [-0.3, -0.25) is 19.6 Å². The number of nitrogens with one attached hydrogen (secondary N) is 1. The predicted octanol–water partition coefficient (Wildman–Crippen LogP) is 0.643. The van der Waals surface area contributed by atoms with Gasteiger partial charge in [0, 0.05) is 13.0 Å². The third-order valence-corrected chi connectivity index (χ3v) is 2.92. The summed E-state index contributed by atoms with van der Waals surface area (Å²) in [5, 5.41) is 6.42. The van der Waals surface area contributed by atoms with Crippen molar-refractivity contribution in [3.63, 3.8) is 0 Å². The maximum absolute atomic E-state index is 12.0. The van der Waals surface area contributed by atoms with Gasteiger partial charge in [-0.2, -0.15) is 5.10 Å². The normalized spacial score (nSPS) is 14.1. The Morgan fingerprint density at radius 3 is 2.33 bits per heavy atom. The largest absolute Gasteiger partial charge is 0.274 e. The lowest BCUT2D eigenvalue weighted by Gasteiger charge is -2.12. The second kappa shape index (κ2) is 4.06. The van der Waals surface area contributed by atoms with Crippen LogP contribution in [0.25, 0.3) is 0 Å². The number of nitrogens with zero attached hydrogens (tertiary/aromatic N) is 3. The van der Waals surface area contributed by atoms with Crippen molar-refractivity contribution < 1.29 is 9.59 Å². The number of fused-ring (bicyclic) bond motifs is 1. The maximum atomic E-state index is 12.0. The Hall–Kier alpha value is -2.50. The fourth-order valence-corrected chi connectivity index (χ4v) is 2.01. The highest BCUT2D eigenvalue weighted by molar-refractivity contribution is 6.21. The highest BCUT2D eigenvalue weighted by Gasteiger charge is 2.34. The number of amides is 2. The molecule has 2 heterocycles. The summed E-state index contributed by atoms with van der Waals surface area (Å²) >= 11 is 0. The highest BCUT2D eigenvalue weighted by Crippen LogP contribution is 2.22. The molecular formula is C12H10N4O2. The Morgan fingerprint density at radius 2 is 1.78 bits per heavy atom. The first-order chi connectivity index (χ1) is 8.77. The first kappa shape index (κ1) is 10.6. The molecule has 0 spiro atoms. The second-order valence-corrected chi connectivity index (χ2v) is 3.99. The van der Waals surface area contributed by atoms with E-state index in [9.17, 15) is 9.59 Å². The van der Waals surface area contributed by atoms with Crippen LogP contribution in [0.15, 0.2) is 30.6 Å². The number of hydrogen-bond donors (Lipinski definition) is 1. The lowest BCUT2D eigenvalue weighted by atomic mass is 10.1. The Bertz CT molecular complexity index is 571. The number of imide groups is 1. The van der Waals surface area contributed by atoms with Crippen molar-refractivity contribution in [2.75, 3.05) is 6.54 Å². The minimum absolute atomic E-state index is 0.241. The molecule has 0 unspecified atom stereocenters. The van der Waals surface area contributed by atoms with Crippen molar-refractivity contribution in [3.8, 4) is 0 Å². The van der Waals surface area contributed by atoms with Gasteiger partial charge in [-0.05, 0) is 12.1 Å². The second-order valence-electron chi connectivity index (χ2n) is 3.99. The summed E-state index contributed by atoms with van der Waals surface area (Å²) < 4.78 is 0. The van der Waals surface area contributed by atoms with E-state index in [-0.39, 0.29) is 11.8 Å². The maximum Gasteiger partial charge on any atom is 0.261 e. The summed E-state index contributed by atoms with van der Waals surface area (Å²) in [6, 6.07) is 6.85. The molecule has 0 atom stereocenters. The molecule has 1 N–H and O–H groups in total. The molecular weight excluding hydrogens is 232 g/mol. The molecule has 0 radical (unpaired) electrons. The van der Waals surface area contributed by atoms with Crippen molar-refractivity contribution in [1.29, 1.82) is 0 Å². The van der Waals surface area contributed by atoms with Gasteiger partial charge in [-0.15, -0.1) is 0 Å². The van der Waals surface area contributed by atoms with Gasteiger partial charge in [0.05, 0.1) is 11.1 Å². The zero-order valence-electron chi connectivity index (χ0n) is 9.46. The molecule has 90 valence electrons. The fourth-order valence-electron chi connectivity index (χ4n) is 2.01. The zero-order chi connectivity index (χ0) is 12.5. The van der Waals surface area contributed by atoms with Gasteiger partial charge in [0.2, 0.25) is 0 Å². The van der Waals surface area contributed by atoms with E-state index in [0.29, 0.717) is 29.9 Å². The minimum Gasteiger partial charge on any atom is -0.274 e. The van der Waals surface area contributed by atoms with Gasteiger partial charge in [-0.25, -0.2) is 4.98 Å². The van der Waals surface area contributed by atoms with Crippen LogP contribution in [0.3, 0.4) is 0 Å². The molecule has 0 fully saturated rings. The number of hydrogen-bond acceptors (Lipinski definition) is 4. The van der Waals surface area contributed by atoms with Crippen molar-refractivity contribution >= 4 is 11.8 Å². The van der Waals surface area contributed by atoms with Crippen LogP contribution in [0, 0.1) is 0 Å². The van der Waals surface area contributed by atoms with Crippen LogP contribution >= 0.6 is 0 Å². The van der Waals surface area contributed by atoms with E-state index < -0.39 is 0 Å². The summed E-state index contributed by atoms with van der Waals surface area (Å²) in [6.45, 7) is 0.307. The molecule has 2 amide bonds. The summed E-state index contributed by atoms with van der Waals surface area (Å²) in [4.78, 5) is 29.3. The third kappa shape index (κ3) is 1.58. The predicted molar refractivity (Wildman–Crippen MR) is 61.9 cm³/mol. The average Bonchev–Trinajstić information content (AvgIpc) is 2.98. The van der Waals surface area contributed by atoms with Crippen molar-refractivity contribution in [2.45, 2.75) is 6.42 Å². The van der Waals surface area contributed by atoms with Gasteiger partial charge >= 0.3 is 0 Å². The first-order valence-corrected chi connectivity index (χ1v) is 5.57. The number of benzene rings is 1.